The van der Waals surface area contributed by atoms with Crippen LogP contribution in [0.2, 0.25) is 0 Å². The molecule has 24 heavy (non-hydrogen) atoms. The van der Waals surface area contributed by atoms with Crippen LogP contribution in [-0.2, 0) is 19.4 Å². The fourth-order valence-corrected chi connectivity index (χ4v) is 3.38. The summed E-state index contributed by atoms with van der Waals surface area (Å²) in [6.45, 7) is 7.31. The average molecular weight is 348 g/mol. The molecular weight excluding hydrogens is 323 g/mol. The third-order valence-electron chi connectivity index (χ3n) is 3.82. The third-order valence-corrected chi connectivity index (χ3v) is 4.90. The second-order valence-corrected chi connectivity index (χ2v) is 6.94. The van der Waals surface area contributed by atoms with E-state index in [0.29, 0.717) is 18.1 Å². The lowest BCUT2D eigenvalue weighted by atomic mass is 10.1. The predicted octanol–water partition coefficient (Wildman–Crippen LogP) is 3.37. The highest BCUT2D eigenvalue weighted by molar-refractivity contribution is 7.11. The van der Waals surface area contributed by atoms with Crippen LogP contribution in [0.4, 0.5) is 4.39 Å². The van der Waals surface area contributed by atoms with Gasteiger partial charge in [-0.1, -0.05) is 19.1 Å². The molecule has 130 valence electrons. The van der Waals surface area contributed by atoms with Crippen LogP contribution in [-0.4, -0.2) is 24.5 Å². The molecule has 0 aliphatic rings. The highest BCUT2D eigenvalue weighted by atomic mass is 32.1. The highest BCUT2D eigenvalue weighted by Crippen LogP contribution is 2.17. The van der Waals surface area contributed by atoms with Gasteiger partial charge in [0.15, 0.2) is 5.96 Å². The number of aromatic nitrogens is 1. The van der Waals surface area contributed by atoms with E-state index in [1.54, 1.807) is 37.4 Å². The molecule has 0 bridgehead atoms. The van der Waals surface area contributed by atoms with E-state index in [9.17, 15) is 4.39 Å². The van der Waals surface area contributed by atoms with Crippen LogP contribution in [0, 0.1) is 19.7 Å². The van der Waals surface area contributed by atoms with Gasteiger partial charge in [0.2, 0.25) is 0 Å². The summed E-state index contributed by atoms with van der Waals surface area (Å²) in [5.41, 5.74) is 2.74. The minimum absolute atomic E-state index is 0.178. The Labute approximate surface area is 147 Å². The normalized spacial score (nSPS) is 11.6. The van der Waals surface area contributed by atoms with E-state index in [0.717, 1.165) is 30.0 Å². The molecular formula is C18H25FN4S. The van der Waals surface area contributed by atoms with Crippen LogP contribution in [0.5, 0.6) is 0 Å². The molecule has 1 heterocycles. The molecule has 0 aliphatic carbocycles. The first-order valence-electron chi connectivity index (χ1n) is 8.18. The van der Waals surface area contributed by atoms with Gasteiger partial charge in [-0.2, -0.15) is 0 Å². The van der Waals surface area contributed by atoms with Gasteiger partial charge in [-0.25, -0.2) is 9.37 Å². The lowest BCUT2D eigenvalue weighted by Gasteiger charge is -2.11. The van der Waals surface area contributed by atoms with E-state index in [1.165, 1.54) is 10.6 Å². The summed E-state index contributed by atoms with van der Waals surface area (Å²) in [6.07, 6.45) is 1.84. The topological polar surface area (TPSA) is 49.3 Å². The van der Waals surface area contributed by atoms with Crippen molar-refractivity contribution in [3.8, 4) is 0 Å². The number of hydrogen-bond donors (Lipinski definition) is 2. The molecule has 0 unspecified atom stereocenters. The fraction of sp³-hybridized carbons (Fsp3) is 0.444. The number of nitrogens with one attached hydrogen (secondary N) is 2. The smallest absolute Gasteiger partial charge is 0.191 e. The zero-order chi connectivity index (χ0) is 17.5. The largest absolute Gasteiger partial charge is 0.356 e. The maximum atomic E-state index is 13.6. The first kappa shape index (κ1) is 18.4. The summed E-state index contributed by atoms with van der Waals surface area (Å²) in [5.74, 6) is 0.531. The van der Waals surface area contributed by atoms with Crippen molar-refractivity contribution in [2.24, 2.45) is 4.99 Å². The van der Waals surface area contributed by atoms with Crippen molar-refractivity contribution >= 4 is 17.3 Å². The minimum Gasteiger partial charge on any atom is -0.356 e. The van der Waals surface area contributed by atoms with Crippen molar-refractivity contribution in [1.29, 1.82) is 0 Å². The Kier molecular flexibility index (Phi) is 6.73. The second-order valence-electron chi connectivity index (χ2n) is 5.65. The SMILES string of the molecule is CCc1nc(CCNC(=NC)NCc2ccc(C)c(F)c2)sc1C. The fourth-order valence-electron chi connectivity index (χ4n) is 2.36. The standard InChI is InChI=1S/C18H25FN4S/c1-5-16-13(3)24-17(23-16)8-9-21-18(20-4)22-11-14-7-6-12(2)15(19)10-14/h6-7,10H,5,8-9,11H2,1-4H3,(H2,20,21,22). The maximum absolute atomic E-state index is 13.6. The van der Waals surface area contributed by atoms with Crippen LogP contribution in [0.1, 0.15) is 33.6 Å². The molecule has 1 aromatic heterocycles. The van der Waals surface area contributed by atoms with Crippen molar-refractivity contribution in [2.45, 2.75) is 40.2 Å². The van der Waals surface area contributed by atoms with Gasteiger partial charge in [-0.15, -0.1) is 11.3 Å². The van der Waals surface area contributed by atoms with Crippen molar-refractivity contribution in [2.75, 3.05) is 13.6 Å². The van der Waals surface area contributed by atoms with E-state index in [1.807, 2.05) is 6.07 Å². The van der Waals surface area contributed by atoms with Crippen molar-refractivity contribution in [1.82, 2.24) is 15.6 Å². The molecule has 0 spiro atoms. The Bertz CT molecular complexity index is 709. The first-order chi connectivity index (χ1) is 11.5. The molecule has 2 aromatic rings. The van der Waals surface area contributed by atoms with Crippen molar-refractivity contribution < 1.29 is 4.39 Å². The van der Waals surface area contributed by atoms with E-state index >= 15 is 0 Å². The number of guanidine groups is 1. The Morgan fingerprint density at radius 1 is 1.29 bits per heavy atom. The number of hydrogen-bond acceptors (Lipinski definition) is 3. The molecule has 2 rings (SSSR count). The summed E-state index contributed by atoms with van der Waals surface area (Å²) in [6, 6.07) is 5.27. The number of halogens is 1. The van der Waals surface area contributed by atoms with Gasteiger partial charge in [0, 0.05) is 31.4 Å². The number of nitrogens with zero attached hydrogens (tertiary/aromatic N) is 2. The molecule has 0 saturated heterocycles. The molecule has 0 atom stereocenters. The van der Waals surface area contributed by atoms with Gasteiger partial charge in [0.25, 0.3) is 0 Å². The lowest BCUT2D eigenvalue weighted by molar-refractivity contribution is 0.615. The second kappa shape index (κ2) is 8.78. The van der Waals surface area contributed by atoms with Crippen LogP contribution in [0.15, 0.2) is 23.2 Å². The molecule has 0 amide bonds. The van der Waals surface area contributed by atoms with Crippen LogP contribution in [0.25, 0.3) is 0 Å². The van der Waals surface area contributed by atoms with Gasteiger partial charge in [-0.3, -0.25) is 4.99 Å². The first-order valence-corrected chi connectivity index (χ1v) is 8.99. The van der Waals surface area contributed by atoms with E-state index in [-0.39, 0.29) is 5.82 Å². The molecule has 4 nitrogen and oxygen atoms in total. The van der Waals surface area contributed by atoms with E-state index < -0.39 is 0 Å². The Hall–Kier alpha value is -1.95. The summed E-state index contributed by atoms with van der Waals surface area (Å²) in [5, 5.41) is 7.62. The summed E-state index contributed by atoms with van der Waals surface area (Å²) < 4.78 is 13.6. The number of aryl methyl sites for hydroxylation is 3. The molecule has 0 radical (unpaired) electrons. The maximum Gasteiger partial charge on any atom is 0.191 e. The monoisotopic (exact) mass is 348 g/mol. The summed E-state index contributed by atoms with van der Waals surface area (Å²) >= 11 is 1.76. The molecule has 1 aromatic carbocycles. The molecule has 0 fully saturated rings. The van der Waals surface area contributed by atoms with Crippen molar-refractivity contribution in [3.63, 3.8) is 0 Å². The van der Waals surface area contributed by atoms with Gasteiger partial charge in [0.05, 0.1) is 10.7 Å². The number of rotatable bonds is 6. The Balaban J connectivity index is 1.80. The predicted molar refractivity (Wildman–Crippen MR) is 99.3 cm³/mol. The minimum atomic E-state index is -0.178. The van der Waals surface area contributed by atoms with Gasteiger partial charge >= 0.3 is 0 Å². The van der Waals surface area contributed by atoms with Gasteiger partial charge < -0.3 is 10.6 Å². The Morgan fingerprint density at radius 3 is 2.71 bits per heavy atom. The zero-order valence-electron chi connectivity index (χ0n) is 14.7. The number of thiazole rings is 1. The highest BCUT2D eigenvalue weighted by Gasteiger charge is 2.06. The molecule has 0 saturated carbocycles. The number of benzene rings is 1. The van der Waals surface area contributed by atoms with Crippen LogP contribution < -0.4 is 10.6 Å². The van der Waals surface area contributed by atoms with E-state index in [2.05, 4.69) is 34.5 Å². The van der Waals surface area contributed by atoms with Crippen LogP contribution in [0.3, 0.4) is 0 Å². The number of aliphatic imine (C=N–C) groups is 1. The van der Waals surface area contributed by atoms with E-state index in [4.69, 9.17) is 0 Å². The van der Waals surface area contributed by atoms with Crippen molar-refractivity contribution in [3.05, 3.63) is 50.7 Å². The van der Waals surface area contributed by atoms with Gasteiger partial charge in [0.1, 0.15) is 5.82 Å². The van der Waals surface area contributed by atoms with Crippen LogP contribution >= 0.6 is 11.3 Å². The molecule has 2 N–H and O–H groups in total. The average Bonchev–Trinajstić information content (AvgIpc) is 2.93. The summed E-state index contributed by atoms with van der Waals surface area (Å²) in [7, 11) is 1.73. The molecule has 6 heteroatoms. The van der Waals surface area contributed by atoms with Gasteiger partial charge in [-0.05, 0) is 37.5 Å². The third kappa shape index (κ3) is 5.03. The molecule has 0 aliphatic heterocycles. The lowest BCUT2D eigenvalue weighted by Crippen LogP contribution is -2.37. The zero-order valence-corrected chi connectivity index (χ0v) is 15.6. The Morgan fingerprint density at radius 2 is 2.08 bits per heavy atom. The quantitative estimate of drug-likeness (QED) is 0.622. The summed E-state index contributed by atoms with van der Waals surface area (Å²) in [4.78, 5) is 10.1.